The van der Waals surface area contributed by atoms with Crippen LogP contribution in [0.2, 0.25) is 0 Å². The number of hydrogen-bond acceptors (Lipinski definition) is 4. The molecular formula is C24H32N2O4S. The van der Waals surface area contributed by atoms with Crippen molar-refractivity contribution in [2.24, 2.45) is 5.92 Å². The first-order valence-electron chi connectivity index (χ1n) is 10.8. The molecule has 2 aromatic carbocycles. The largest absolute Gasteiger partial charge is 0.497 e. The number of nitrogens with zero attached hydrogens (tertiary/aromatic N) is 2. The molecule has 0 N–H and O–H groups in total. The summed E-state index contributed by atoms with van der Waals surface area (Å²) in [7, 11) is 0.0344. The first-order valence-corrected chi connectivity index (χ1v) is 12.4. The molecule has 0 unspecified atom stereocenters. The van der Waals surface area contributed by atoms with E-state index in [4.69, 9.17) is 4.74 Å². The third-order valence-corrected chi connectivity index (χ3v) is 7.72. The third kappa shape index (κ3) is 6.55. The number of piperidine rings is 1. The van der Waals surface area contributed by atoms with Gasteiger partial charge in [-0.15, -0.1) is 0 Å². The Balaban J connectivity index is 1.53. The highest BCUT2D eigenvalue weighted by Gasteiger charge is 2.33. The number of rotatable bonds is 9. The molecular weight excluding hydrogens is 412 g/mol. The standard InChI is InChI=1S/C24H32N2O4S/c1-25(18-21-12-14-23(30-2)15-13-21)24(27)22-11-6-16-26(19-22)31(28,29)17-7-10-20-8-4-3-5-9-20/h3-5,8-9,12-15,22H,6-7,10-11,16-19H2,1-2H3/t22-/m1/s1. The van der Waals surface area contributed by atoms with E-state index in [1.807, 2.05) is 54.6 Å². The van der Waals surface area contributed by atoms with Crippen molar-refractivity contribution in [1.29, 1.82) is 0 Å². The van der Waals surface area contributed by atoms with Crippen molar-refractivity contribution in [1.82, 2.24) is 9.21 Å². The van der Waals surface area contributed by atoms with Crippen LogP contribution in [0.4, 0.5) is 0 Å². The fraction of sp³-hybridized carbons (Fsp3) is 0.458. The highest BCUT2D eigenvalue weighted by Crippen LogP contribution is 2.23. The predicted molar refractivity (Wildman–Crippen MR) is 122 cm³/mol. The van der Waals surface area contributed by atoms with Gasteiger partial charge in [0.1, 0.15) is 5.75 Å². The predicted octanol–water partition coefficient (Wildman–Crippen LogP) is 3.33. The molecule has 0 aromatic heterocycles. The third-order valence-electron chi connectivity index (χ3n) is 5.79. The van der Waals surface area contributed by atoms with Crippen LogP contribution >= 0.6 is 0 Å². The zero-order valence-corrected chi connectivity index (χ0v) is 19.2. The summed E-state index contributed by atoms with van der Waals surface area (Å²) in [4.78, 5) is 14.7. The average Bonchev–Trinajstić information content (AvgIpc) is 2.79. The molecule has 3 rings (SSSR count). The summed E-state index contributed by atoms with van der Waals surface area (Å²) in [6.45, 7) is 1.27. The molecule has 1 aliphatic rings. The van der Waals surface area contributed by atoms with Gasteiger partial charge in [-0.1, -0.05) is 42.5 Å². The number of methoxy groups -OCH3 is 1. The number of ether oxygens (including phenoxy) is 1. The van der Waals surface area contributed by atoms with Gasteiger partial charge in [-0.25, -0.2) is 12.7 Å². The summed E-state index contributed by atoms with van der Waals surface area (Å²) >= 11 is 0. The highest BCUT2D eigenvalue weighted by atomic mass is 32.2. The Hall–Kier alpha value is -2.38. The van der Waals surface area contributed by atoms with Crippen LogP contribution in [0.15, 0.2) is 54.6 Å². The lowest BCUT2D eigenvalue weighted by molar-refractivity contribution is -0.135. The van der Waals surface area contributed by atoms with Crippen molar-refractivity contribution >= 4 is 15.9 Å². The lowest BCUT2D eigenvalue weighted by Gasteiger charge is -2.33. The van der Waals surface area contributed by atoms with Crippen LogP contribution in [0, 0.1) is 5.92 Å². The number of sulfonamides is 1. The number of carbonyl (C=O) groups excluding carboxylic acids is 1. The normalized spacial score (nSPS) is 17.3. The molecule has 0 aliphatic carbocycles. The maximum atomic E-state index is 13.0. The van der Waals surface area contributed by atoms with E-state index in [-0.39, 0.29) is 24.1 Å². The molecule has 6 nitrogen and oxygen atoms in total. The van der Waals surface area contributed by atoms with Crippen molar-refractivity contribution < 1.29 is 17.9 Å². The Labute approximate surface area is 185 Å². The van der Waals surface area contributed by atoms with Gasteiger partial charge in [0, 0.05) is 26.7 Å². The summed E-state index contributed by atoms with van der Waals surface area (Å²) in [5.41, 5.74) is 2.16. The lowest BCUT2D eigenvalue weighted by Crippen LogP contribution is -2.46. The second kappa shape index (κ2) is 10.8. The number of aryl methyl sites for hydroxylation is 1. The summed E-state index contributed by atoms with van der Waals surface area (Å²) in [5, 5.41) is 0. The minimum absolute atomic E-state index is 0.00000334. The highest BCUT2D eigenvalue weighted by molar-refractivity contribution is 7.89. The van der Waals surface area contributed by atoms with E-state index in [1.165, 1.54) is 4.31 Å². The molecule has 1 atom stereocenters. The van der Waals surface area contributed by atoms with Crippen LogP contribution < -0.4 is 4.74 Å². The van der Waals surface area contributed by atoms with Crippen molar-refractivity contribution in [2.45, 2.75) is 32.2 Å². The van der Waals surface area contributed by atoms with E-state index >= 15 is 0 Å². The Morgan fingerprint density at radius 3 is 2.48 bits per heavy atom. The molecule has 1 heterocycles. The fourth-order valence-corrected chi connectivity index (χ4v) is 5.61. The molecule has 31 heavy (non-hydrogen) atoms. The first-order chi connectivity index (χ1) is 14.9. The van der Waals surface area contributed by atoms with Crippen LogP contribution in [-0.4, -0.2) is 56.5 Å². The molecule has 0 bridgehead atoms. The van der Waals surface area contributed by atoms with Crippen molar-refractivity contribution in [3.8, 4) is 5.75 Å². The lowest BCUT2D eigenvalue weighted by atomic mass is 9.98. The summed E-state index contributed by atoms with van der Waals surface area (Å²) in [6, 6.07) is 17.5. The summed E-state index contributed by atoms with van der Waals surface area (Å²) in [5.74, 6) is 0.601. The molecule has 7 heteroatoms. The van der Waals surface area contributed by atoms with Gasteiger partial charge in [-0.3, -0.25) is 4.79 Å². The summed E-state index contributed by atoms with van der Waals surface area (Å²) < 4.78 is 32.4. The Morgan fingerprint density at radius 2 is 1.81 bits per heavy atom. The molecule has 1 fully saturated rings. The SMILES string of the molecule is COc1ccc(CN(C)C(=O)[C@@H]2CCCN(S(=O)(=O)CCCc3ccccc3)C2)cc1. The van der Waals surface area contributed by atoms with E-state index in [9.17, 15) is 13.2 Å². The topological polar surface area (TPSA) is 66.9 Å². The van der Waals surface area contributed by atoms with E-state index in [1.54, 1.807) is 19.1 Å². The molecule has 168 valence electrons. The summed E-state index contributed by atoms with van der Waals surface area (Å²) in [6.07, 6.45) is 2.76. The van der Waals surface area contributed by atoms with Crippen molar-refractivity contribution in [3.63, 3.8) is 0 Å². The number of carbonyl (C=O) groups is 1. The van der Waals surface area contributed by atoms with Crippen LogP contribution in [0.5, 0.6) is 5.75 Å². The maximum absolute atomic E-state index is 13.0. The van der Waals surface area contributed by atoms with E-state index in [0.717, 1.165) is 29.7 Å². The van der Waals surface area contributed by atoms with Gasteiger partial charge in [0.25, 0.3) is 0 Å². The van der Waals surface area contributed by atoms with Crippen LogP contribution in [0.3, 0.4) is 0 Å². The zero-order chi connectivity index (χ0) is 22.3. The molecule has 0 spiro atoms. The van der Waals surface area contributed by atoms with Gasteiger partial charge in [0.2, 0.25) is 15.9 Å². The Morgan fingerprint density at radius 1 is 1.10 bits per heavy atom. The van der Waals surface area contributed by atoms with Gasteiger partial charge < -0.3 is 9.64 Å². The molecule has 2 aromatic rings. The van der Waals surface area contributed by atoms with Crippen molar-refractivity contribution in [2.75, 3.05) is 33.0 Å². The molecule has 0 radical (unpaired) electrons. The second-order valence-electron chi connectivity index (χ2n) is 8.14. The average molecular weight is 445 g/mol. The zero-order valence-electron chi connectivity index (χ0n) is 18.4. The molecule has 1 saturated heterocycles. The monoisotopic (exact) mass is 444 g/mol. The second-order valence-corrected chi connectivity index (χ2v) is 10.2. The van der Waals surface area contributed by atoms with Gasteiger partial charge in [0.15, 0.2) is 0 Å². The van der Waals surface area contributed by atoms with Crippen LogP contribution in [-0.2, 0) is 27.8 Å². The maximum Gasteiger partial charge on any atom is 0.227 e. The van der Waals surface area contributed by atoms with E-state index < -0.39 is 10.0 Å². The van der Waals surface area contributed by atoms with Crippen molar-refractivity contribution in [3.05, 3.63) is 65.7 Å². The molecule has 1 aliphatic heterocycles. The quantitative estimate of drug-likeness (QED) is 0.595. The van der Waals surface area contributed by atoms with Gasteiger partial charge in [0.05, 0.1) is 18.8 Å². The number of amides is 1. The van der Waals surface area contributed by atoms with Crippen LogP contribution in [0.1, 0.15) is 30.4 Å². The molecule has 0 saturated carbocycles. The van der Waals surface area contributed by atoms with Gasteiger partial charge in [-0.05, 0) is 48.9 Å². The minimum Gasteiger partial charge on any atom is -0.497 e. The minimum atomic E-state index is -3.36. The number of hydrogen-bond donors (Lipinski definition) is 0. The van der Waals surface area contributed by atoms with Gasteiger partial charge in [-0.2, -0.15) is 0 Å². The smallest absolute Gasteiger partial charge is 0.227 e. The van der Waals surface area contributed by atoms with E-state index in [0.29, 0.717) is 25.9 Å². The van der Waals surface area contributed by atoms with E-state index in [2.05, 4.69) is 0 Å². The fourth-order valence-electron chi connectivity index (χ4n) is 4.02. The Bertz CT molecular complexity index is 945. The molecule has 1 amide bonds. The van der Waals surface area contributed by atoms with Gasteiger partial charge >= 0.3 is 0 Å². The number of benzene rings is 2. The first kappa shape index (κ1) is 23.3. The van der Waals surface area contributed by atoms with Crippen LogP contribution in [0.25, 0.3) is 0 Å². The Kier molecular flexibility index (Phi) is 8.09.